The van der Waals surface area contributed by atoms with Crippen LogP contribution in [-0.2, 0) is 12.7 Å². The maximum atomic E-state index is 12.7. The number of hydrogen-bond donors (Lipinski definition) is 2. The maximum Gasteiger partial charge on any atom is 0.416 e. The molecule has 124 valence electrons. The molecule has 3 rings (SSSR count). The van der Waals surface area contributed by atoms with Crippen LogP contribution in [0, 0.1) is 0 Å². The van der Waals surface area contributed by atoms with Crippen molar-refractivity contribution in [3.05, 3.63) is 58.4 Å². The Morgan fingerprint density at radius 3 is 2.88 bits per heavy atom. The number of rotatable bonds is 2. The second kappa shape index (κ2) is 5.80. The molecule has 0 radical (unpaired) electrons. The van der Waals surface area contributed by atoms with Crippen LogP contribution in [0.5, 0.6) is 0 Å². The number of benzene rings is 1. The first-order valence-corrected chi connectivity index (χ1v) is 6.71. The first-order valence-electron chi connectivity index (χ1n) is 6.71. The highest BCUT2D eigenvalue weighted by atomic mass is 19.4. The zero-order valence-corrected chi connectivity index (χ0v) is 12.0. The lowest BCUT2D eigenvalue weighted by molar-refractivity contribution is -0.137. The molecule has 2 N–H and O–H groups in total. The number of amides is 1. The molecule has 10 heteroatoms. The Bertz CT molecular complexity index is 961. The second-order valence-electron chi connectivity index (χ2n) is 4.88. The Morgan fingerprint density at radius 1 is 1.33 bits per heavy atom. The van der Waals surface area contributed by atoms with Gasteiger partial charge < -0.3 is 5.32 Å². The molecule has 1 amide bonds. The predicted octanol–water partition coefficient (Wildman–Crippen LogP) is 1.90. The quantitative estimate of drug-likeness (QED) is 0.747. The zero-order chi connectivity index (χ0) is 17.3. The topological polar surface area (TPSA) is 92.7 Å². The van der Waals surface area contributed by atoms with Gasteiger partial charge in [0.1, 0.15) is 11.8 Å². The number of alkyl halides is 3. The van der Waals surface area contributed by atoms with Crippen LogP contribution in [0.15, 0.2) is 41.6 Å². The van der Waals surface area contributed by atoms with E-state index in [1.54, 1.807) is 0 Å². The van der Waals surface area contributed by atoms with Crippen molar-refractivity contribution in [3.8, 4) is 0 Å². The third-order valence-electron chi connectivity index (χ3n) is 3.26. The van der Waals surface area contributed by atoms with Crippen molar-refractivity contribution in [2.24, 2.45) is 0 Å². The minimum atomic E-state index is -4.47. The third-order valence-corrected chi connectivity index (χ3v) is 3.26. The van der Waals surface area contributed by atoms with Gasteiger partial charge in [0, 0.05) is 6.54 Å². The van der Waals surface area contributed by atoms with Gasteiger partial charge in [-0.25, -0.2) is 24.1 Å². The Labute approximate surface area is 132 Å². The van der Waals surface area contributed by atoms with Gasteiger partial charge in [-0.3, -0.25) is 4.98 Å². The summed E-state index contributed by atoms with van der Waals surface area (Å²) in [5.41, 5.74) is -0.922. The van der Waals surface area contributed by atoms with Crippen LogP contribution in [-0.4, -0.2) is 25.6 Å². The molecule has 0 unspecified atom stereocenters. The van der Waals surface area contributed by atoms with Crippen LogP contribution in [0.3, 0.4) is 0 Å². The van der Waals surface area contributed by atoms with Gasteiger partial charge in [0.2, 0.25) is 0 Å². The van der Waals surface area contributed by atoms with E-state index in [0.29, 0.717) is 0 Å². The van der Waals surface area contributed by atoms with Crippen molar-refractivity contribution >= 4 is 17.2 Å². The number of fused-ring (bicyclic) bond motifs is 1. The smallest absolute Gasteiger partial charge is 0.333 e. The van der Waals surface area contributed by atoms with Crippen molar-refractivity contribution in [1.29, 1.82) is 0 Å². The molecule has 0 aliphatic rings. The Morgan fingerprint density at radius 2 is 2.12 bits per heavy atom. The van der Waals surface area contributed by atoms with Crippen LogP contribution in [0.25, 0.3) is 11.2 Å². The molecule has 0 aliphatic carbocycles. The minimum Gasteiger partial charge on any atom is -0.333 e. The molecule has 0 spiro atoms. The molecule has 0 aliphatic heterocycles. The normalized spacial score (nSPS) is 11.6. The van der Waals surface area contributed by atoms with E-state index in [0.717, 1.165) is 16.7 Å². The Hall–Kier alpha value is -3.17. The highest BCUT2D eigenvalue weighted by Gasteiger charge is 2.30. The molecule has 0 saturated heterocycles. The Kier molecular flexibility index (Phi) is 3.80. The number of carbonyl (C=O) groups is 1. The van der Waals surface area contributed by atoms with Crippen LogP contribution in [0.2, 0.25) is 0 Å². The first kappa shape index (κ1) is 15.7. The van der Waals surface area contributed by atoms with Crippen molar-refractivity contribution in [1.82, 2.24) is 24.8 Å². The van der Waals surface area contributed by atoms with Gasteiger partial charge in [-0.15, -0.1) is 0 Å². The lowest BCUT2D eigenvalue weighted by Gasteiger charge is -2.09. The molecule has 7 nitrogen and oxygen atoms in total. The fraction of sp³-hybridized carbons (Fsp3) is 0.143. The summed E-state index contributed by atoms with van der Waals surface area (Å²) in [5, 5.41) is 2.39. The lowest BCUT2D eigenvalue weighted by Crippen LogP contribution is -2.34. The van der Waals surface area contributed by atoms with Crippen LogP contribution < -0.4 is 11.0 Å². The van der Waals surface area contributed by atoms with Gasteiger partial charge in [0.25, 0.3) is 0 Å². The summed E-state index contributed by atoms with van der Waals surface area (Å²) in [6.45, 7) is -0.171. The number of nitrogens with zero attached hydrogens (tertiary/aromatic N) is 3. The molecular weight excluding hydrogens is 327 g/mol. The first-order chi connectivity index (χ1) is 11.4. The number of aromatic nitrogens is 4. The maximum absolute atomic E-state index is 12.7. The van der Waals surface area contributed by atoms with Crippen molar-refractivity contribution in [2.75, 3.05) is 0 Å². The van der Waals surface area contributed by atoms with Gasteiger partial charge in [-0.1, -0.05) is 12.1 Å². The fourth-order valence-corrected chi connectivity index (χ4v) is 2.16. The molecule has 1 aromatic carbocycles. The van der Waals surface area contributed by atoms with E-state index in [1.807, 2.05) is 0 Å². The summed E-state index contributed by atoms with van der Waals surface area (Å²) in [6.07, 6.45) is -1.97. The number of halogens is 3. The second-order valence-corrected chi connectivity index (χ2v) is 4.88. The minimum absolute atomic E-state index is 0.170. The van der Waals surface area contributed by atoms with Gasteiger partial charge in [0.05, 0.1) is 11.8 Å². The van der Waals surface area contributed by atoms with Gasteiger partial charge in [-0.05, 0) is 17.7 Å². The highest BCUT2D eigenvalue weighted by Crippen LogP contribution is 2.29. The molecule has 3 aromatic rings. The van der Waals surface area contributed by atoms with Crippen LogP contribution in [0.1, 0.15) is 11.1 Å². The van der Waals surface area contributed by atoms with Crippen molar-refractivity contribution in [2.45, 2.75) is 12.7 Å². The molecule has 0 fully saturated rings. The summed E-state index contributed by atoms with van der Waals surface area (Å²) in [4.78, 5) is 33.9. The average Bonchev–Trinajstić information content (AvgIpc) is 2.88. The number of hydrogen-bond acceptors (Lipinski definition) is 4. The van der Waals surface area contributed by atoms with E-state index in [1.165, 1.54) is 24.7 Å². The average molecular weight is 337 g/mol. The molecule has 0 bridgehead atoms. The van der Waals surface area contributed by atoms with E-state index in [9.17, 15) is 22.8 Å². The van der Waals surface area contributed by atoms with E-state index < -0.39 is 23.5 Å². The monoisotopic (exact) mass is 337 g/mol. The molecule has 0 atom stereocenters. The SMILES string of the molecule is O=C(NCc1cccc(C(F)(F)F)c1)n1c(=O)[nH]c2ncncc21. The number of aromatic amines is 1. The predicted molar refractivity (Wildman–Crippen MR) is 77.2 cm³/mol. The number of imidazole rings is 1. The highest BCUT2D eigenvalue weighted by molar-refractivity contribution is 5.86. The van der Waals surface area contributed by atoms with Crippen LogP contribution in [0.4, 0.5) is 18.0 Å². The summed E-state index contributed by atoms with van der Waals surface area (Å²) < 4.78 is 38.8. The standard InChI is InChI=1S/C14H10F3N5O2/c15-14(16,17)9-3-1-2-8(4-9)5-19-12(23)22-10-6-18-7-20-11(10)21-13(22)24/h1-4,6-7H,5H2,(H,19,23)(H,18,20,21,24). The largest absolute Gasteiger partial charge is 0.416 e. The van der Waals surface area contributed by atoms with E-state index in [4.69, 9.17) is 0 Å². The van der Waals surface area contributed by atoms with Crippen molar-refractivity contribution in [3.63, 3.8) is 0 Å². The number of nitrogens with one attached hydrogen (secondary N) is 2. The summed E-state index contributed by atoms with van der Waals surface area (Å²) in [7, 11) is 0. The summed E-state index contributed by atoms with van der Waals surface area (Å²) >= 11 is 0. The summed E-state index contributed by atoms with van der Waals surface area (Å²) in [6, 6.07) is 3.76. The number of H-pyrrole nitrogens is 1. The molecular formula is C14H10F3N5O2. The molecule has 0 saturated carbocycles. The molecule has 2 heterocycles. The third kappa shape index (κ3) is 2.98. The summed E-state index contributed by atoms with van der Waals surface area (Å²) in [5.74, 6) is 0. The van der Waals surface area contributed by atoms with E-state index >= 15 is 0 Å². The van der Waals surface area contributed by atoms with Crippen molar-refractivity contribution < 1.29 is 18.0 Å². The Balaban J connectivity index is 1.81. The van der Waals surface area contributed by atoms with E-state index in [-0.39, 0.29) is 23.3 Å². The van der Waals surface area contributed by atoms with Gasteiger partial charge >= 0.3 is 17.9 Å². The van der Waals surface area contributed by atoms with Gasteiger partial charge in [-0.2, -0.15) is 13.2 Å². The zero-order valence-electron chi connectivity index (χ0n) is 12.0. The number of carbonyl (C=O) groups excluding carboxylic acids is 1. The molecule has 2 aromatic heterocycles. The van der Waals surface area contributed by atoms with E-state index in [2.05, 4.69) is 20.3 Å². The van der Waals surface area contributed by atoms with Crippen LogP contribution >= 0.6 is 0 Å². The molecule has 24 heavy (non-hydrogen) atoms. The lowest BCUT2D eigenvalue weighted by atomic mass is 10.1. The fourth-order valence-electron chi connectivity index (χ4n) is 2.16. The van der Waals surface area contributed by atoms with Gasteiger partial charge in [0.15, 0.2) is 5.65 Å².